The Kier molecular flexibility index (Phi) is 4.87. The van der Waals surface area contributed by atoms with Crippen molar-refractivity contribution in [1.29, 1.82) is 0 Å². The van der Waals surface area contributed by atoms with Gasteiger partial charge >= 0.3 is 0 Å². The third-order valence-corrected chi connectivity index (χ3v) is 4.30. The second kappa shape index (κ2) is 7.07. The van der Waals surface area contributed by atoms with E-state index in [1.54, 1.807) is 11.0 Å². The molecule has 7 heteroatoms. The van der Waals surface area contributed by atoms with Gasteiger partial charge in [-0.15, -0.1) is 0 Å². The predicted molar refractivity (Wildman–Crippen MR) is 87.5 cm³/mol. The lowest BCUT2D eigenvalue weighted by Gasteiger charge is -2.34. The third kappa shape index (κ3) is 3.77. The Labute approximate surface area is 140 Å². The molecule has 1 aromatic rings. The van der Waals surface area contributed by atoms with E-state index in [0.717, 1.165) is 25.9 Å². The van der Waals surface area contributed by atoms with Gasteiger partial charge in [-0.25, -0.2) is 4.39 Å². The zero-order valence-corrected chi connectivity index (χ0v) is 13.8. The predicted octanol–water partition coefficient (Wildman–Crippen LogP) is 1.15. The molecule has 6 nitrogen and oxygen atoms in total. The van der Waals surface area contributed by atoms with Gasteiger partial charge in [-0.05, 0) is 31.9 Å². The number of fused-ring (bicyclic) bond motifs is 1. The maximum Gasteiger partial charge on any atom is 0.241 e. The van der Waals surface area contributed by atoms with Gasteiger partial charge in [0.15, 0.2) is 0 Å². The monoisotopic (exact) mass is 335 g/mol. The summed E-state index contributed by atoms with van der Waals surface area (Å²) in [5, 5.41) is 2.68. The van der Waals surface area contributed by atoms with Crippen molar-refractivity contribution < 1.29 is 18.7 Å². The molecule has 0 unspecified atom stereocenters. The van der Waals surface area contributed by atoms with Crippen molar-refractivity contribution in [2.45, 2.75) is 25.9 Å². The number of benzene rings is 1. The molecule has 2 aliphatic rings. The fourth-order valence-electron chi connectivity index (χ4n) is 3.14. The molecule has 1 saturated heterocycles. The number of nitrogens with zero attached hydrogens (tertiary/aromatic N) is 2. The molecule has 1 aromatic carbocycles. The van der Waals surface area contributed by atoms with Gasteiger partial charge in [0.25, 0.3) is 0 Å². The van der Waals surface area contributed by atoms with Crippen LogP contribution in [0.25, 0.3) is 0 Å². The second-order valence-corrected chi connectivity index (χ2v) is 6.29. The van der Waals surface area contributed by atoms with E-state index >= 15 is 0 Å². The SMILES string of the molecule is C[C@H]1CN(CC(=O)NCC(=O)N2CCCC2)c2ccc(F)cc2O1. The van der Waals surface area contributed by atoms with Gasteiger partial charge in [0.1, 0.15) is 17.7 Å². The van der Waals surface area contributed by atoms with E-state index < -0.39 is 0 Å². The zero-order chi connectivity index (χ0) is 17.1. The van der Waals surface area contributed by atoms with Crippen LogP contribution in [-0.4, -0.2) is 55.5 Å². The second-order valence-electron chi connectivity index (χ2n) is 6.29. The Bertz CT molecular complexity index is 632. The number of anilines is 1. The molecule has 130 valence electrons. The number of likely N-dealkylation sites (tertiary alicyclic amines) is 1. The summed E-state index contributed by atoms with van der Waals surface area (Å²) in [5.74, 6) is -0.205. The number of carbonyl (C=O) groups excluding carboxylic acids is 2. The van der Waals surface area contributed by atoms with Gasteiger partial charge in [0.2, 0.25) is 11.8 Å². The summed E-state index contributed by atoms with van der Waals surface area (Å²) >= 11 is 0. The minimum Gasteiger partial charge on any atom is -0.487 e. The molecule has 0 spiro atoms. The molecule has 0 bridgehead atoms. The zero-order valence-electron chi connectivity index (χ0n) is 13.8. The number of carbonyl (C=O) groups is 2. The van der Waals surface area contributed by atoms with Crippen LogP contribution in [0.3, 0.4) is 0 Å². The smallest absolute Gasteiger partial charge is 0.241 e. The molecule has 24 heavy (non-hydrogen) atoms. The number of nitrogens with one attached hydrogen (secondary N) is 1. The number of hydrogen-bond donors (Lipinski definition) is 1. The largest absolute Gasteiger partial charge is 0.487 e. The van der Waals surface area contributed by atoms with Crippen molar-refractivity contribution in [1.82, 2.24) is 10.2 Å². The standard InChI is InChI=1S/C17H22FN3O3/c1-12-10-21(14-5-4-13(18)8-15(14)24-12)11-16(22)19-9-17(23)20-6-2-3-7-20/h4-5,8,12H,2-3,6-7,9-11H2,1H3,(H,19,22)/t12-/m0/s1. The number of ether oxygens (including phenoxy) is 1. The van der Waals surface area contributed by atoms with Crippen molar-refractivity contribution in [3.8, 4) is 5.75 Å². The Morgan fingerprint density at radius 3 is 2.83 bits per heavy atom. The Morgan fingerprint density at radius 1 is 1.33 bits per heavy atom. The lowest BCUT2D eigenvalue weighted by molar-refractivity contribution is -0.131. The van der Waals surface area contributed by atoms with E-state index in [1.807, 2.05) is 11.8 Å². The Balaban J connectivity index is 1.57. The van der Waals surface area contributed by atoms with Gasteiger partial charge in [0, 0.05) is 19.2 Å². The number of hydrogen-bond acceptors (Lipinski definition) is 4. The Hall–Kier alpha value is -2.31. The van der Waals surface area contributed by atoms with Gasteiger partial charge in [0.05, 0.1) is 25.3 Å². The molecule has 1 fully saturated rings. The highest BCUT2D eigenvalue weighted by molar-refractivity contribution is 5.87. The number of halogens is 1. The highest BCUT2D eigenvalue weighted by Gasteiger charge is 2.25. The molecule has 2 aliphatic heterocycles. The van der Waals surface area contributed by atoms with E-state index in [0.29, 0.717) is 18.0 Å². The minimum atomic E-state index is -0.372. The van der Waals surface area contributed by atoms with E-state index in [4.69, 9.17) is 4.74 Å². The lowest BCUT2D eigenvalue weighted by Crippen LogP contribution is -2.46. The van der Waals surface area contributed by atoms with Gasteiger partial charge < -0.3 is 19.9 Å². The summed E-state index contributed by atoms with van der Waals surface area (Å²) in [7, 11) is 0. The quantitative estimate of drug-likeness (QED) is 0.897. The van der Waals surface area contributed by atoms with Crippen molar-refractivity contribution in [2.24, 2.45) is 0 Å². The molecule has 1 atom stereocenters. The van der Waals surface area contributed by atoms with Crippen LogP contribution in [0.2, 0.25) is 0 Å². The average molecular weight is 335 g/mol. The third-order valence-electron chi connectivity index (χ3n) is 4.30. The first-order chi connectivity index (χ1) is 11.5. The molecule has 0 radical (unpaired) electrons. The molecule has 0 aromatic heterocycles. The van der Waals surface area contributed by atoms with Crippen LogP contribution in [0.15, 0.2) is 18.2 Å². The Morgan fingerprint density at radius 2 is 2.08 bits per heavy atom. The average Bonchev–Trinajstić information content (AvgIpc) is 3.06. The summed E-state index contributed by atoms with van der Waals surface area (Å²) in [6.07, 6.45) is 1.91. The van der Waals surface area contributed by atoms with Crippen LogP contribution in [0.1, 0.15) is 19.8 Å². The van der Waals surface area contributed by atoms with E-state index in [2.05, 4.69) is 5.32 Å². The van der Waals surface area contributed by atoms with Crippen molar-refractivity contribution in [3.63, 3.8) is 0 Å². The minimum absolute atomic E-state index is 0.0228. The highest BCUT2D eigenvalue weighted by atomic mass is 19.1. The molecule has 3 rings (SSSR count). The lowest BCUT2D eigenvalue weighted by atomic mass is 10.2. The van der Waals surface area contributed by atoms with Gasteiger partial charge in [-0.2, -0.15) is 0 Å². The van der Waals surface area contributed by atoms with E-state index in [9.17, 15) is 14.0 Å². The summed E-state index contributed by atoms with van der Waals surface area (Å²) in [6.45, 7) is 4.08. The first kappa shape index (κ1) is 16.5. The number of amides is 2. The normalized spacial score (nSPS) is 19.7. The summed E-state index contributed by atoms with van der Waals surface area (Å²) < 4.78 is 19.0. The van der Waals surface area contributed by atoms with Crippen LogP contribution < -0.4 is 15.0 Å². The molecule has 0 saturated carbocycles. The molecule has 1 N–H and O–H groups in total. The fraction of sp³-hybridized carbons (Fsp3) is 0.529. The first-order valence-electron chi connectivity index (χ1n) is 8.28. The van der Waals surface area contributed by atoms with Gasteiger partial charge in [-0.3, -0.25) is 9.59 Å². The topological polar surface area (TPSA) is 61.9 Å². The van der Waals surface area contributed by atoms with Crippen LogP contribution in [0.5, 0.6) is 5.75 Å². The molecular formula is C17H22FN3O3. The van der Waals surface area contributed by atoms with Crippen molar-refractivity contribution >= 4 is 17.5 Å². The van der Waals surface area contributed by atoms with Crippen molar-refractivity contribution in [2.75, 3.05) is 37.6 Å². The number of rotatable bonds is 4. The fourth-order valence-corrected chi connectivity index (χ4v) is 3.14. The van der Waals surface area contributed by atoms with Gasteiger partial charge in [-0.1, -0.05) is 0 Å². The van der Waals surface area contributed by atoms with Crippen LogP contribution in [0, 0.1) is 5.82 Å². The van der Waals surface area contributed by atoms with Crippen LogP contribution in [0.4, 0.5) is 10.1 Å². The van der Waals surface area contributed by atoms with E-state index in [1.165, 1.54) is 12.1 Å². The maximum absolute atomic E-state index is 13.3. The summed E-state index contributed by atoms with van der Waals surface area (Å²) in [4.78, 5) is 27.8. The highest BCUT2D eigenvalue weighted by Crippen LogP contribution is 2.33. The molecule has 0 aliphatic carbocycles. The summed E-state index contributed by atoms with van der Waals surface area (Å²) in [5.41, 5.74) is 0.690. The summed E-state index contributed by atoms with van der Waals surface area (Å²) in [6, 6.07) is 4.28. The van der Waals surface area contributed by atoms with Crippen LogP contribution >= 0.6 is 0 Å². The molecular weight excluding hydrogens is 313 g/mol. The molecule has 2 heterocycles. The first-order valence-corrected chi connectivity index (χ1v) is 8.28. The molecule has 2 amide bonds. The van der Waals surface area contributed by atoms with E-state index in [-0.39, 0.29) is 36.8 Å². The van der Waals surface area contributed by atoms with Crippen LogP contribution in [-0.2, 0) is 9.59 Å². The van der Waals surface area contributed by atoms with Crippen molar-refractivity contribution in [3.05, 3.63) is 24.0 Å². The maximum atomic E-state index is 13.3.